The second kappa shape index (κ2) is 17.0. The molecule has 0 aliphatic rings. The summed E-state index contributed by atoms with van der Waals surface area (Å²) in [4.78, 5) is 0. The third kappa shape index (κ3) is 8.85. The van der Waals surface area contributed by atoms with E-state index in [-0.39, 0.29) is 86.9 Å². The molecule has 0 rings (SSSR count). The van der Waals surface area contributed by atoms with E-state index >= 15 is 0 Å². The summed E-state index contributed by atoms with van der Waals surface area (Å²) in [5.74, 6) is 0. The third-order valence-corrected chi connectivity index (χ3v) is 0. The molecule has 0 atom stereocenters. The molecule has 0 bridgehead atoms. The van der Waals surface area contributed by atoms with E-state index in [1.165, 1.54) is 0 Å². The first kappa shape index (κ1) is 28.9. The standard InChI is InChI=1S/Al.Ga.In.Sn.13H. The predicted octanol–water partition coefficient (Wildman–Crippen LogP) is -5.00. The molecule has 0 saturated heterocycles. The molecule has 0 saturated carbocycles. The van der Waals surface area contributed by atoms with Gasteiger partial charge in [0, 0.05) is 0 Å². The molecule has 0 aromatic rings. The van der Waals surface area contributed by atoms with Crippen LogP contribution in [-0.4, -0.2) is 86.9 Å². The summed E-state index contributed by atoms with van der Waals surface area (Å²) >= 11 is 0. The Morgan fingerprint density at radius 2 is 1.00 bits per heavy atom. The van der Waals surface area contributed by atoms with E-state index in [9.17, 15) is 0 Å². The van der Waals surface area contributed by atoms with Gasteiger partial charge in [-0.15, -0.1) is 0 Å². The van der Waals surface area contributed by atoms with Crippen molar-refractivity contribution in [3.63, 3.8) is 0 Å². The Bertz CT molecular complexity index is 8.00. The van der Waals surface area contributed by atoms with Crippen LogP contribution in [0.5, 0.6) is 0 Å². The average molecular weight is 343 g/mol. The van der Waals surface area contributed by atoms with Crippen molar-refractivity contribution < 1.29 is 0 Å². The monoisotopic (exact) mass is 344 g/mol. The van der Waals surface area contributed by atoms with Crippen LogP contribution in [0.25, 0.3) is 0 Å². The Balaban J connectivity index is 0. The van der Waals surface area contributed by atoms with E-state index in [1.54, 1.807) is 0 Å². The van der Waals surface area contributed by atoms with E-state index in [1.807, 2.05) is 0 Å². The predicted molar refractivity (Wildman–Crippen MR) is 41.2 cm³/mol. The molecule has 4 heteroatoms. The number of rotatable bonds is 0. The molecule has 0 N–H and O–H groups in total. The van der Waals surface area contributed by atoms with Gasteiger partial charge in [0.15, 0.2) is 17.4 Å². The molecule has 0 amide bonds. The van der Waals surface area contributed by atoms with Gasteiger partial charge in [0.2, 0.25) is 0 Å². The van der Waals surface area contributed by atoms with Crippen LogP contribution in [0.2, 0.25) is 0 Å². The molecule has 26 valence electrons. The van der Waals surface area contributed by atoms with Crippen LogP contribution in [0.3, 0.4) is 0 Å². The minimum absolute atomic E-state index is 0. The van der Waals surface area contributed by atoms with Crippen molar-refractivity contribution in [1.82, 2.24) is 0 Å². The molecule has 0 spiro atoms. The molecule has 0 unspecified atom stereocenters. The third-order valence-electron chi connectivity index (χ3n) is 0. The summed E-state index contributed by atoms with van der Waals surface area (Å²) in [6, 6.07) is 0. The average Bonchev–Trinajstić information content (AvgIpc) is 0. The summed E-state index contributed by atoms with van der Waals surface area (Å²) in [6.45, 7) is 0. The van der Waals surface area contributed by atoms with Crippen molar-refractivity contribution in [3.05, 3.63) is 0 Å². The Labute approximate surface area is 85.4 Å². The summed E-state index contributed by atoms with van der Waals surface area (Å²) in [5.41, 5.74) is 0. The second-order valence-corrected chi connectivity index (χ2v) is 0. The maximum atomic E-state index is 0. The fraction of sp³-hybridized carbons (Fsp3) is 0. The molecule has 0 nitrogen and oxygen atoms in total. The second-order valence-electron chi connectivity index (χ2n) is 0. The van der Waals surface area contributed by atoms with Crippen LogP contribution >= 0.6 is 0 Å². The minimum atomic E-state index is 0. The number of hydrogen-bond donors (Lipinski definition) is 0. The van der Waals surface area contributed by atoms with E-state index < -0.39 is 0 Å². The van der Waals surface area contributed by atoms with Crippen LogP contribution in [0.1, 0.15) is 0 Å². The van der Waals surface area contributed by atoms with Gasteiger partial charge in [-0.1, -0.05) is 0 Å². The topological polar surface area (TPSA) is 0 Å². The molecule has 0 aromatic carbocycles. The van der Waals surface area contributed by atoms with Gasteiger partial charge < -0.3 is 0 Å². The Morgan fingerprint density at radius 1 is 1.00 bits per heavy atom. The molecule has 4 heavy (non-hydrogen) atoms. The quantitative estimate of drug-likeness (QED) is 0.387. The molecular formula is H13AlGaInSn. The molecule has 0 radical (unpaired) electrons. The molecular weight excluding hydrogens is 330 g/mol. The van der Waals surface area contributed by atoms with E-state index in [2.05, 4.69) is 0 Å². The van der Waals surface area contributed by atoms with Crippen molar-refractivity contribution in [2.75, 3.05) is 0 Å². The summed E-state index contributed by atoms with van der Waals surface area (Å²) < 4.78 is 0. The van der Waals surface area contributed by atoms with Crippen LogP contribution in [0.4, 0.5) is 0 Å². The van der Waals surface area contributed by atoms with Crippen molar-refractivity contribution in [1.29, 1.82) is 0 Å². The van der Waals surface area contributed by atoms with Crippen molar-refractivity contribution >= 4 is 86.9 Å². The van der Waals surface area contributed by atoms with Gasteiger partial charge in [0.05, 0.1) is 0 Å². The van der Waals surface area contributed by atoms with Gasteiger partial charge >= 0.3 is 69.5 Å². The van der Waals surface area contributed by atoms with Crippen LogP contribution in [0, 0.1) is 0 Å². The SMILES string of the molecule is [AlH3].[GaH3].[InH3].[SnH4]. The van der Waals surface area contributed by atoms with E-state index in [4.69, 9.17) is 0 Å². The van der Waals surface area contributed by atoms with Gasteiger partial charge in [-0.3, -0.25) is 0 Å². The zero-order chi connectivity index (χ0) is 0. The molecule has 0 aliphatic carbocycles. The van der Waals surface area contributed by atoms with Crippen LogP contribution in [0.15, 0.2) is 0 Å². The molecule has 0 aromatic heterocycles. The first-order valence-corrected chi connectivity index (χ1v) is 0. The van der Waals surface area contributed by atoms with Gasteiger partial charge in [0.25, 0.3) is 0 Å². The first-order valence-electron chi connectivity index (χ1n) is 0. The van der Waals surface area contributed by atoms with Gasteiger partial charge in [0.1, 0.15) is 0 Å². The fourth-order valence-electron chi connectivity index (χ4n) is 0. The van der Waals surface area contributed by atoms with Gasteiger partial charge in [-0.25, -0.2) is 0 Å². The normalized spacial score (nSPS) is 0. The summed E-state index contributed by atoms with van der Waals surface area (Å²) in [7, 11) is 0. The van der Waals surface area contributed by atoms with E-state index in [0.717, 1.165) is 0 Å². The van der Waals surface area contributed by atoms with Crippen LogP contribution < -0.4 is 0 Å². The van der Waals surface area contributed by atoms with Gasteiger partial charge in [-0.2, -0.15) is 0 Å². The van der Waals surface area contributed by atoms with E-state index in [0.29, 0.717) is 0 Å². The van der Waals surface area contributed by atoms with Crippen molar-refractivity contribution in [2.24, 2.45) is 0 Å². The molecule has 0 fully saturated rings. The first-order chi connectivity index (χ1) is 0. The summed E-state index contributed by atoms with van der Waals surface area (Å²) in [5, 5.41) is 0. The zero-order valence-corrected chi connectivity index (χ0v) is 0. The Hall–Kier alpha value is 2.84. The molecule has 0 heterocycles. The zero-order valence-electron chi connectivity index (χ0n) is 0. The van der Waals surface area contributed by atoms with Crippen molar-refractivity contribution in [2.45, 2.75) is 0 Å². The maximum absolute atomic E-state index is 0. The fourth-order valence-corrected chi connectivity index (χ4v) is 0. The number of hydrogen-bond acceptors (Lipinski definition) is 0. The molecule has 0 aliphatic heterocycles. The van der Waals surface area contributed by atoms with Crippen molar-refractivity contribution in [3.8, 4) is 0 Å². The Morgan fingerprint density at radius 3 is 1.00 bits per heavy atom. The summed E-state index contributed by atoms with van der Waals surface area (Å²) in [6.07, 6.45) is 0. The van der Waals surface area contributed by atoms with Gasteiger partial charge in [-0.05, 0) is 0 Å². The van der Waals surface area contributed by atoms with Crippen LogP contribution in [-0.2, 0) is 0 Å². The Kier molecular flexibility index (Phi) is 123.